The van der Waals surface area contributed by atoms with Crippen LogP contribution in [-0.2, 0) is 0 Å². The lowest BCUT2D eigenvalue weighted by molar-refractivity contribution is 0.397. The smallest absolute Gasteiger partial charge is 0.146 e. The van der Waals surface area contributed by atoms with E-state index in [1.807, 2.05) is 18.2 Å². The Hall–Kier alpha value is -2.30. The van der Waals surface area contributed by atoms with Gasteiger partial charge in [-0.1, -0.05) is 6.07 Å². The second-order valence-corrected chi connectivity index (χ2v) is 3.38. The molecule has 1 aromatic carbocycles. The topological polar surface area (TPSA) is 70.3 Å². The van der Waals surface area contributed by atoms with Gasteiger partial charge in [0.05, 0.1) is 19.8 Å². The summed E-state index contributed by atoms with van der Waals surface area (Å²) in [6.45, 7) is 0. The number of rotatable bonds is 3. The number of hydrogen-bond donors (Lipinski definition) is 1. The van der Waals surface area contributed by atoms with Gasteiger partial charge in [0.25, 0.3) is 0 Å². The highest BCUT2D eigenvalue weighted by Crippen LogP contribution is 2.36. The Kier molecular flexibility index (Phi) is 3.09. The van der Waals surface area contributed by atoms with Gasteiger partial charge in [0, 0.05) is 0 Å². The minimum absolute atomic E-state index is 0.377. The molecule has 0 aliphatic carbocycles. The molecular formula is C12H13N3O2. The summed E-state index contributed by atoms with van der Waals surface area (Å²) >= 11 is 0. The molecule has 0 unspecified atom stereocenters. The summed E-state index contributed by atoms with van der Waals surface area (Å²) in [5, 5.41) is 7.85. The Balaban J connectivity index is 2.59. The molecule has 1 aromatic heterocycles. The third-order valence-electron chi connectivity index (χ3n) is 2.37. The van der Waals surface area contributed by atoms with E-state index in [4.69, 9.17) is 15.2 Å². The number of nitrogens with zero attached hydrogens (tertiary/aromatic N) is 2. The fraction of sp³-hybridized carbons (Fsp3) is 0.167. The second-order valence-electron chi connectivity index (χ2n) is 3.38. The Morgan fingerprint density at radius 3 is 2.06 bits per heavy atom. The Bertz CT molecular complexity index is 489. The van der Waals surface area contributed by atoms with E-state index in [1.165, 1.54) is 0 Å². The molecule has 0 fully saturated rings. The van der Waals surface area contributed by atoms with Crippen LogP contribution in [0, 0.1) is 0 Å². The first-order valence-corrected chi connectivity index (χ1v) is 5.07. The first-order chi connectivity index (χ1) is 8.26. The molecule has 1 heterocycles. The van der Waals surface area contributed by atoms with Gasteiger partial charge in [-0.25, -0.2) is 0 Å². The fourth-order valence-electron chi connectivity index (χ4n) is 1.58. The molecule has 2 N–H and O–H groups in total. The van der Waals surface area contributed by atoms with Crippen LogP contribution in [-0.4, -0.2) is 24.4 Å². The monoisotopic (exact) mass is 231 g/mol. The van der Waals surface area contributed by atoms with Crippen molar-refractivity contribution in [2.24, 2.45) is 0 Å². The van der Waals surface area contributed by atoms with E-state index in [0.29, 0.717) is 23.0 Å². The summed E-state index contributed by atoms with van der Waals surface area (Å²) in [6.07, 6.45) is 0. The number of anilines is 1. The third-order valence-corrected chi connectivity index (χ3v) is 2.37. The summed E-state index contributed by atoms with van der Waals surface area (Å²) in [6, 6.07) is 9.01. The molecule has 5 heteroatoms. The zero-order valence-electron chi connectivity index (χ0n) is 9.68. The summed E-state index contributed by atoms with van der Waals surface area (Å²) in [7, 11) is 3.20. The van der Waals surface area contributed by atoms with Gasteiger partial charge in [-0.05, 0) is 24.3 Å². The molecule has 0 atom stereocenters. The van der Waals surface area contributed by atoms with E-state index in [2.05, 4.69) is 10.2 Å². The lowest BCUT2D eigenvalue weighted by Gasteiger charge is -2.11. The normalized spacial score (nSPS) is 10.0. The molecule has 0 spiro atoms. The lowest BCUT2D eigenvalue weighted by Crippen LogP contribution is -1.97. The number of methoxy groups -OCH3 is 2. The molecule has 0 aliphatic heterocycles. The van der Waals surface area contributed by atoms with Crippen LogP contribution in [0.15, 0.2) is 30.3 Å². The first kappa shape index (κ1) is 11.2. The maximum atomic E-state index is 5.51. The number of hydrogen-bond acceptors (Lipinski definition) is 5. The van der Waals surface area contributed by atoms with E-state index in [1.54, 1.807) is 26.4 Å². The van der Waals surface area contributed by atoms with Crippen molar-refractivity contribution in [1.82, 2.24) is 10.2 Å². The third kappa shape index (κ3) is 2.13. The summed E-state index contributed by atoms with van der Waals surface area (Å²) in [5.41, 5.74) is 6.94. The SMILES string of the molecule is COc1cccc(OC)c1-c1ccc(N)nn1. The van der Waals surface area contributed by atoms with Gasteiger partial charge in [-0.2, -0.15) is 0 Å². The minimum Gasteiger partial charge on any atom is -0.496 e. The summed E-state index contributed by atoms with van der Waals surface area (Å²) in [4.78, 5) is 0. The predicted octanol–water partition coefficient (Wildman–Crippen LogP) is 1.74. The zero-order valence-corrected chi connectivity index (χ0v) is 9.68. The molecule has 17 heavy (non-hydrogen) atoms. The van der Waals surface area contributed by atoms with Crippen molar-refractivity contribution in [2.45, 2.75) is 0 Å². The molecular weight excluding hydrogens is 218 g/mol. The van der Waals surface area contributed by atoms with Crippen molar-refractivity contribution in [3.05, 3.63) is 30.3 Å². The molecule has 0 radical (unpaired) electrons. The molecule has 5 nitrogen and oxygen atoms in total. The van der Waals surface area contributed by atoms with Gasteiger partial charge in [-0.3, -0.25) is 0 Å². The average Bonchev–Trinajstić information content (AvgIpc) is 2.38. The van der Waals surface area contributed by atoms with Crippen LogP contribution in [0.25, 0.3) is 11.3 Å². The number of nitrogens with two attached hydrogens (primary N) is 1. The van der Waals surface area contributed by atoms with Crippen LogP contribution >= 0.6 is 0 Å². The zero-order chi connectivity index (χ0) is 12.3. The second kappa shape index (κ2) is 4.69. The van der Waals surface area contributed by atoms with Crippen LogP contribution in [0.3, 0.4) is 0 Å². The maximum absolute atomic E-state index is 5.51. The molecule has 88 valence electrons. The Morgan fingerprint density at radius 2 is 1.59 bits per heavy atom. The van der Waals surface area contributed by atoms with Crippen LogP contribution in [0.1, 0.15) is 0 Å². The molecule has 2 aromatic rings. The van der Waals surface area contributed by atoms with Crippen molar-refractivity contribution in [1.29, 1.82) is 0 Å². The van der Waals surface area contributed by atoms with Gasteiger partial charge in [0.1, 0.15) is 23.0 Å². The van der Waals surface area contributed by atoms with E-state index >= 15 is 0 Å². The average molecular weight is 231 g/mol. The van der Waals surface area contributed by atoms with Gasteiger partial charge in [-0.15, -0.1) is 10.2 Å². The number of benzene rings is 1. The number of aromatic nitrogens is 2. The van der Waals surface area contributed by atoms with Crippen LogP contribution in [0.5, 0.6) is 11.5 Å². The van der Waals surface area contributed by atoms with E-state index in [0.717, 1.165) is 5.56 Å². The highest BCUT2D eigenvalue weighted by Gasteiger charge is 2.13. The number of ether oxygens (including phenoxy) is 2. The molecule has 2 rings (SSSR count). The van der Waals surface area contributed by atoms with Gasteiger partial charge in [0.2, 0.25) is 0 Å². The highest BCUT2D eigenvalue weighted by molar-refractivity contribution is 5.74. The Labute approximate surface area is 99.2 Å². The standard InChI is InChI=1S/C12H13N3O2/c1-16-9-4-3-5-10(17-2)12(9)8-6-7-11(13)15-14-8/h3-7H,1-2H3,(H2,13,15). The first-order valence-electron chi connectivity index (χ1n) is 5.07. The summed E-state index contributed by atoms with van der Waals surface area (Å²) < 4.78 is 10.6. The fourth-order valence-corrected chi connectivity index (χ4v) is 1.58. The van der Waals surface area contributed by atoms with Gasteiger partial charge in [0.15, 0.2) is 0 Å². The highest BCUT2D eigenvalue weighted by atomic mass is 16.5. The minimum atomic E-state index is 0.377. The number of nitrogen functional groups attached to an aromatic ring is 1. The molecule has 0 saturated heterocycles. The van der Waals surface area contributed by atoms with Crippen molar-refractivity contribution < 1.29 is 9.47 Å². The predicted molar refractivity (Wildman–Crippen MR) is 65.0 cm³/mol. The van der Waals surface area contributed by atoms with Crippen molar-refractivity contribution in [3.8, 4) is 22.8 Å². The van der Waals surface area contributed by atoms with Gasteiger partial charge >= 0.3 is 0 Å². The quantitative estimate of drug-likeness (QED) is 0.871. The lowest BCUT2D eigenvalue weighted by atomic mass is 10.1. The molecule has 0 aliphatic rings. The molecule has 0 saturated carbocycles. The van der Waals surface area contributed by atoms with E-state index < -0.39 is 0 Å². The van der Waals surface area contributed by atoms with E-state index in [-0.39, 0.29) is 0 Å². The Morgan fingerprint density at radius 1 is 0.941 bits per heavy atom. The van der Waals surface area contributed by atoms with Crippen molar-refractivity contribution >= 4 is 5.82 Å². The van der Waals surface area contributed by atoms with Crippen LogP contribution in [0.2, 0.25) is 0 Å². The largest absolute Gasteiger partial charge is 0.496 e. The van der Waals surface area contributed by atoms with Crippen molar-refractivity contribution in [2.75, 3.05) is 20.0 Å². The molecule has 0 amide bonds. The van der Waals surface area contributed by atoms with Crippen LogP contribution in [0.4, 0.5) is 5.82 Å². The van der Waals surface area contributed by atoms with Crippen LogP contribution < -0.4 is 15.2 Å². The van der Waals surface area contributed by atoms with E-state index in [9.17, 15) is 0 Å². The van der Waals surface area contributed by atoms with Crippen molar-refractivity contribution in [3.63, 3.8) is 0 Å². The molecule has 0 bridgehead atoms. The summed E-state index contributed by atoms with van der Waals surface area (Å²) in [5.74, 6) is 1.74. The maximum Gasteiger partial charge on any atom is 0.146 e. The van der Waals surface area contributed by atoms with Gasteiger partial charge < -0.3 is 15.2 Å².